The smallest absolute Gasteiger partial charge is 0.185 e. The molecule has 0 aliphatic carbocycles. The Hall–Kier alpha value is -0.980. The Labute approximate surface area is 102 Å². The summed E-state index contributed by atoms with van der Waals surface area (Å²) in [5.74, 6) is 0. The number of hydrogen-bond donors (Lipinski definition) is 1. The van der Waals surface area contributed by atoms with E-state index < -0.39 is 0 Å². The summed E-state index contributed by atoms with van der Waals surface area (Å²) >= 11 is 3.36. The molecule has 0 saturated carbocycles. The number of thiazole rings is 2. The van der Waals surface area contributed by atoms with Crippen molar-refractivity contribution in [2.75, 3.05) is 31.1 Å². The number of anilines is 1. The molecule has 0 bridgehead atoms. The van der Waals surface area contributed by atoms with Gasteiger partial charge < -0.3 is 10.2 Å². The first kappa shape index (κ1) is 10.2. The van der Waals surface area contributed by atoms with E-state index in [2.05, 4.69) is 25.6 Å². The molecule has 84 valence electrons. The molecule has 1 aliphatic heterocycles. The first-order valence-corrected chi connectivity index (χ1v) is 6.99. The first-order valence-electron chi connectivity index (χ1n) is 5.23. The van der Waals surface area contributed by atoms with E-state index in [1.54, 1.807) is 22.7 Å². The summed E-state index contributed by atoms with van der Waals surface area (Å²) in [4.78, 5) is 12.2. The van der Waals surface area contributed by atoms with Gasteiger partial charge in [-0.2, -0.15) is 0 Å². The Balaban J connectivity index is 1.82. The first-order chi connectivity index (χ1) is 7.93. The molecule has 0 amide bonds. The molecule has 1 saturated heterocycles. The Morgan fingerprint density at radius 2 is 2.12 bits per heavy atom. The van der Waals surface area contributed by atoms with Crippen LogP contribution in [-0.4, -0.2) is 36.1 Å². The predicted octanol–water partition coefficient (Wildman–Crippen LogP) is 1.68. The molecule has 1 aliphatic rings. The number of hydrogen-bond acceptors (Lipinski definition) is 6. The quantitative estimate of drug-likeness (QED) is 0.883. The van der Waals surface area contributed by atoms with E-state index in [1.807, 2.05) is 11.7 Å². The highest BCUT2D eigenvalue weighted by Crippen LogP contribution is 2.29. The van der Waals surface area contributed by atoms with E-state index in [4.69, 9.17) is 0 Å². The fourth-order valence-corrected chi connectivity index (χ4v) is 3.26. The normalized spacial score (nSPS) is 16.6. The maximum Gasteiger partial charge on any atom is 0.185 e. The maximum atomic E-state index is 4.66. The van der Waals surface area contributed by atoms with Gasteiger partial charge in [0, 0.05) is 37.8 Å². The summed E-state index contributed by atoms with van der Waals surface area (Å²) < 4.78 is 0. The van der Waals surface area contributed by atoms with Crippen LogP contribution < -0.4 is 10.2 Å². The number of nitrogens with one attached hydrogen (secondary N) is 1. The lowest BCUT2D eigenvalue weighted by atomic mass is 10.4. The minimum Gasteiger partial charge on any atom is -0.346 e. The number of piperazine rings is 1. The van der Waals surface area contributed by atoms with Gasteiger partial charge in [-0.25, -0.2) is 4.98 Å². The molecule has 6 heteroatoms. The van der Waals surface area contributed by atoms with Crippen molar-refractivity contribution in [1.82, 2.24) is 15.3 Å². The fraction of sp³-hybridized carbons (Fsp3) is 0.400. The minimum atomic E-state index is 1.05. The second-order valence-corrected chi connectivity index (χ2v) is 5.34. The summed E-state index contributed by atoms with van der Waals surface area (Å²) in [6, 6.07) is 0. The second kappa shape index (κ2) is 4.48. The minimum absolute atomic E-state index is 1.05. The standard InChI is InChI=1S/C10H12N4S2/c1-3-14(4-2-11-1)10-13-8(6-15-10)9-5-12-7-16-9/h5-7,11H,1-4H2. The van der Waals surface area contributed by atoms with Gasteiger partial charge in [0.2, 0.25) is 0 Å². The van der Waals surface area contributed by atoms with Crippen molar-refractivity contribution in [3.63, 3.8) is 0 Å². The highest BCUT2D eigenvalue weighted by atomic mass is 32.1. The van der Waals surface area contributed by atoms with Crippen molar-refractivity contribution in [3.8, 4) is 10.6 Å². The molecule has 0 aromatic carbocycles. The van der Waals surface area contributed by atoms with E-state index in [9.17, 15) is 0 Å². The zero-order valence-corrected chi connectivity index (χ0v) is 10.4. The summed E-state index contributed by atoms with van der Waals surface area (Å²) in [7, 11) is 0. The Kier molecular flexibility index (Phi) is 2.86. The third kappa shape index (κ3) is 1.95. The average molecular weight is 252 g/mol. The molecule has 16 heavy (non-hydrogen) atoms. The topological polar surface area (TPSA) is 41.1 Å². The van der Waals surface area contributed by atoms with E-state index >= 15 is 0 Å². The monoisotopic (exact) mass is 252 g/mol. The van der Waals surface area contributed by atoms with E-state index in [-0.39, 0.29) is 0 Å². The highest BCUT2D eigenvalue weighted by molar-refractivity contribution is 7.15. The third-order valence-electron chi connectivity index (χ3n) is 2.56. The molecule has 1 N–H and O–H groups in total. The van der Waals surface area contributed by atoms with Gasteiger partial charge in [0.25, 0.3) is 0 Å². The van der Waals surface area contributed by atoms with Crippen LogP contribution in [0.5, 0.6) is 0 Å². The lowest BCUT2D eigenvalue weighted by Crippen LogP contribution is -2.43. The van der Waals surface area contributed by atoms with Crippen molar-refractivity contribution >= 4 is 27.8 Å². The van der Waals surface area contributed by atoms with Crippen molar-refractivity contribution in [1.29, 1.82) is 0 Å². The largest absolute Gasteiger partial charge is 0.346 e. The molecule has 2 aromatic heterocycles. The van der Waals surface area contributed by atoms with Crippen molar-refractivity contribution in [3.05, 3.63) is 17.1 Å². The molecular weight excluding hydrogens is 240 g/mol. The lowest BCUT2D eigenvalue weighted by Gasteiger charge is -2.26. The molecule has 0 atom stereocenters. The highest BCUT2D eigenvalue weighted by Gasteiger charge is 2.14. The number of nitrogens with zero attached hydrogens (tertiary/aromatic N) is 3. The van der Waals surface area contributed by atoms with E-state index in [0.717, 1.165) is 41.9 Å². The van der Waals surface area contributed by atoms with Crippen LogP contribution in [-0.2, 0) is 0 Å². The third-order valence-corrected chi connectivity index (χ3v) is 4.26. The fourth-order valence-electron chi connectivity index (χ4n) is 1.72. The molecule has 0 unspecified atom stereocenters. The Morgan fingerprint density at radius 1 is 1.25 bits per heavy atom. The zero-order valence-electron chi connectivity index (χ0n) is 8.72. The van der Waals surface area contributed by atoms with Crippen LogP contribution in [0.1, 0.15) is 0 Å². The van der Waals surface area contributed by atoms with Crippen molar-refractivity contribution in [2.45, 2.75) is 0 Å². The molecule has 0 spiro atoms. The van der Waals surface area contributed by atoms with Gasteiger partial charge >= 0.3 is 0 Å². The van der Waals surface area contributed by atoms with Gasteiger partial charge in [0.05, 0.1) is 16.1 Å². The molecule has 2 aromatic rings. The molecule has 1 fully saturated rings. The van der Waals surface area contributed by atoms with E-state index in [1.165, 1.54) is 0 Å². The van der Waals surface area contributed by atoms with Crippen LogP contribution in [0.2, 0.25) is 0 Å². The average Bonchev–Trinajstić information content (AvgIpc) is 3.01. The summed E-state index contributed by atoms with van der Waals surface area (Å²) in [6.07, 6.45) is 1.88. The van der Waals surface area contributed by atoms with Crippen LogP contribution in [0.3, 0.4) is 0 Å². The van der Waals surface area contributed by atoms with Gasteiger partial charge in [-0.3, -0.25) is 4.98 Å². The molecule has 3 heterocycles. The second-order valence-electron chi connectivity index (χ2n) is 3.62. The predicted molar refractivity (Wildman–Crippen MR) is 68.3 cm³/mol. The number of aromatic nitrogens is 2. The van der Waals surface area contributed by atoms with Gasteiger partial charge in [-0.05, 0) is 0 Å². The van der Waals surface area contributed by atoms with Gasteiger partial charge in [-0.15, -0.1) is 22.7 Å². The molecular formula is C10H12N4S2. The van der Waals surface area contributed by atoms with Crippen LogP contribution in [0.15, 0.2) is 17.1 Å². The SMILES string of the molecule is c1ncc(-c2csc(N3CCNCC3)n2)s1. The maximum absolute atomic E-state index is 4.66. The lowest BCUT2D eigenvalue weighted by molar-refractivity contribution is 0.588. The van der Waals surface area contributed by atoms with Gasteiger partial charge in [-0.1, -0.05) is 0 Å². The van der Waals surface area contributed by atoms with Crippen LogP contribution >= 0.6 is 22.7 Å². The van der Waals surface area contributed by atoms with E-state index in [0.29, 0.717) is 0 Å². The van der Waals surface area contributed by atoms with Crippen molar-refractivity contribution < 1.29 is 0 Å². The van der Waals surface area contributed by atoms with Crippen molar-refractivity contribution in [2.24, 2.45) is 0 Å². The summed E-state index contributed by atoms with van der Waals surface area (Å²) in [5, 5.41) is 6.59. The van der Waals surface area contributed by atoms with Crippen LogP contribution in [0.4, 0.5) is 5.13 Å². The summed E-state index contributed by atoms with van der Waals surface area (Å²) in [6.45, 7) is 4.20. The van der Waals surface area contributed by atoms with Crippen LogP contribution in [0.25, 0.3) is 10.6 Å². The zero-order chi connectivity index (χ0) is 10.8. The Bertz CT molecular complexity index is 445. The van der Waals surface area contributed by atoms with Crippen LogP contribution in [0, 0.1) is 0 Å². The van der Waals surface area contributed by atoms with Gasteiger partial charge in [0.1, 0.15) is 0 Å². The Morgan fingerprint density at radius 3 is 2.88 bits per heavy atom. The summed E-state index contributed by atoms with van der Waals surface area (Å²) in [5.41, 5.74) is 2.90. The number of rotatable bonds is 2. The molecule has 0 radical (unpaired) electrons. The molecule has 3 rings (SSSR count). The molecule has 4 nitrogen and oxygen atoms in total. The van der Waals surface area contributed by atoms with Gasteiger partial charge in [0.15, 0.2) is 5.13 Å².